The van der Waals surface area contributed by atoms with Gasteiger partial charge in [-0.05, 0) is 32.4 Å². The van der Waals surface area contributed by atoms with E-state index in [1.54, 1.807) is 6.07 Å². The summed E-state index contributed by atoms with van der Waals surface area (Å²) < 4.78 is 0. The summed E-state index contributed by atoms with van der Waals surface area (Å²) in [5, 5.41) is 1.00. The van der Waals surface area contributed by atoms with E-state index in [1.807, 2.05) is 0 Å². The van der Waals surface area contributed by atoms with Gasteiger partial charge in [-0.25, -0.2) is 4.98 Å². The van der Waals surface area contributed by atoms with Crippen molar-refractivity contribution in [3.63, 3.8) is 0 Å². The molecule has 20 heavy (non-hydrogen) atoms. The Kier molecular flexibility index (Phi) is 3.98. The number of rotatable bonds is 1. The molecule has 0 spiro atoms. The number of nitrogens with zero attached hydrogens (tertiary/aromatic N) is 3. The number of nitrogens with two attached hydrogens (primary N) is 1. The van der Waals surface area contributed by atoms with E-state index < -0.39 is 0 Å². The maximum atomic E-state index is 6.32. The number of fused-ring (bicyclic) bond motifs is 1. The molecule has 0 amide bonds. The van der Waals surface area contributed by atoms with Gasteiger partial charge in [0.1, 0.15) is 11.6 Å². The molecule has 110 valence electrons. The lowest BCUT2D eigenvalue weighted by atomic mass is 9.97. The Morgan fingerprint density at radius 1 is 1.25 bits per heavy atom. The Bertz CT molecular complexity index is 508. The minimum absolute atomic E-state index is 0.351. The van der Waals surface area contributed by atoms with Gasteiger partial charge in [-0.3, -0.25) is 4.90 Å². The zero-order valence-corrected chi connectivity index (χ0v) is 13.2. The van der Waals surface area contributed by atoms with Crippen LogP contribution in [-0.2, 0) is 0 Å². The lowest BCUT2D eigenvalue weighted by molar-refractivity contribution is 0.115. The molecule has 1 aromatic rings. The summed E-state index contributed by atoms with van der Waals surface area (Å²) in [7, 11) is 0. The zero-order valence-electron chi connectivity index (χ0n) is 11.6. The van der Waals surface area contributed by atoms with Crippen LogP contribution >= 0.6 is 23.2 Å². The van der Waals surface area contributed by atoms with Gasteiger partial charge in [-0.15, -0.1) is 0 Å². The number of hydrogen-bond acceptors (Lipinski definition) is 4. The minimum atomic E-state index is 0.351. The molecular formula is C14H20Cl2N4. The molecule has 1 aromatic heterocycles. The Morgan fingerprint density at radius 3 is 2.85 bits per heavy atom. The molecule has 2 aliphatic heterocycles. The van der Waals surface area contributed by atoms with Gasteiger partial charge < -0.3 is 10.6 Å². The molecule has 0 bridgehead atoms. The molecule has 0 aromatic carbocycles. The third-order valence-electron chi connectivity index (χ3n) is 4.40. The average molecular weight is 315 g/mol. The molecule has 2 fully saturated rings. The van der Waals surface area contributed by atoms with Gasteiger partial charge in [0, 0.05) is 25.2 Å². The second-order valence-electron chi connectivity index (χ2n) is 5.81. The molecular weight excluding hydrogens is 295 g/mol. The minimum Gasteiger partial charge on any atom is -0.382 e. The third-order valence-corrected chi connectivity index (χ3v) is 4.98. The summed E-state index contributed by atoms with van der Waals surface area (Å²) in [4.78, 5) is 9.28. The quantitative estimate of drug-likeness (QED) is 0.865. The van der Waals surface area contributed by atoms with Crippen LogP contribution in [0, 0.1) is 0 Å². The van der Waals surface area contributed by atoms with Gasteiger partial charge in [0.05, 0.1) is 10.0 Å². The molecule has 0 aliphatic carbocycles. The number of pyridine rings is 1. The lowest BCUT2D eigenvalue weighted by Crippen LogP contribution is -2.59. The first-order chi connectivity index (χ1) is 9.56. The van der Waals surface area contributed by atoms with E-state index in [0.29, 0.717) is 27.9 Å². The standard InChI is InChI=1S/C14H20Cl2N4/c1-9-7-19-5-3-2-4-10(19)8-20(9)14-12(16)6-11(15)13(17)18-14/h6,9-10H,2-5,7-8H2,1H3,(H2,17,18). The van der Waals surface area contributed by atoms with Crippen molar-refractivity contribution in [2.45, 2.75) is 38.3 Å². The van der Waals surface area contributed by atoms with E-state index in [9.17, 15) is 0 Å². The SMILES string of the molecule is CC1CN2CCCCC2CN1c1nc(N)c(Cl)cc1Cl. The Morgan fingerprint density at radius 2 is 2.05 bits per heavy atom. The van der Waals surface area contributed by atoms with Crippen molar-refractivity contribution in [1.82, 2.24) is 9.88 Å². The highest BCUT2D eigenvalue weighted by Crippen LogP contribution is 2.34. The van der Waals surface area contributed by atoms with Crippen LogP contribution in [0.15, 0.2) is 6.07 Å². The highest BCUT2D eigenvalue weighted by atomic mass is 35.5. The monoisotopic (exact) mass is 314 g/mol. The van der Waals surface area contributed by atoms with Crippen molar-refractivity contribution in [2.75, 3.05) is 30.3 Å². The average Bonchev–Trinajstić information content (AvgIpc) is 2.42. The van der Waals surface area contributed by atoms with Crippen LogP contribution in [0.4, 0.5) is 11.6 Å². The summed E-state index contributed by atoms with van der Waals surface area (Å²) in [5.74, 6) is 1.12. The van der Waals surface area contributed by atoms with Crippen molar-refractivity contribution in [2.24, 2.45) is 0 Å². The number of aromatic nitrogens is 1. The number of halogens is 2. The number of nitrogen functional groups attached to an aromatic ring is 1. The third kappa shape index (κ3) is 2.57. The van der Waals surface area contributed by atoms with Crippen molar-refractivity contribution in [1.29, 1.82) is 0 Å². The fourth-order valence-corrected chi connectivity index (χ4v) is 3.79. The normalized spacial score (nSPS) is 27.4. The lowest BCUT2D eigenvalue weighted by Gasteiger charge is -2.48. The van der Waals surface area contributed by atoms with Gasteiger partial charge >= 0.3 is 0 Å². The van der Waals surface area contributed by atoms with Crippen LogP contribution in [0.2, 0.25) is 10.0 Å². The van der Waals surface area contributed by atoms with E-state index in [1.165, 1.54) is 25.8 Å². The maximum absolute atomic E-state index is 6.32. The number of piperidine rings is 1. The molecule has 2 unspecified atom stereocenters. The van der Waals surface area contributed by atoms with Gasteiger partial charge in [0.2, 0.25) is 0 Å². The predicted molar refractivity (Wildman–Crippen MR) is 84.7 cm³/mol. The van der Waals surface area contributed by atoms with E-state index in [-0.39, 0.29) is 0 Å². The summed E-state index contributed by atoms with van der Waals surface area (Å²) >= 11 is 12.3. The molecule has 2 aliphatic rings. The summed E-state index contributed by atoms with van der Waals surface area (Å²) in [6, 6.07) is 2.69. The molecule has 2 N–H and O–H groups in total. The van der Waals surface area contributed by atoms with Crippen molar-refractivity contribution in [3.05, 3.63) is 16.1 Å². The Balaban J connectivity index is 1.88. The smallest absolute Gasteiger partial charge is 0.150 e. The van der Waals surface area contributed by atoms with Crippen molar-refractivity contribution in [3.8, 4) is 0 Å². The molecule has 4 nitrogen and oxygen atoms in total. The first kappa shape index (κ1) is 14.2. The highest BCUT2D eigenvalue weighted by molar-refractivity contribution is 6.37. The molecule has 6 heteroatoms. The van der Waals surface area contributed by atoms with Crippen LogP contribution in [-0.4, -0.2) is 41.6 Å². The molecule has 2 saturated heterocycles. The number of hydrogen-bond donors (Lipinski definition) is 1. The van der Waals surface area contributed by atoms with Crippen LogP contribution in [0.25, 0.3) is 0 Å². The van der Waals surface area contributed by atoms with E-state index in [4.69, 9.17) is 28.9 Å². The predicted octanol–water partition coefficient (Wildman–Crippen LogP) is 3.03. The van der Waals surface area contributed by atoms with Gasteiger partial charge in [0.15, 0.2) is 0 Å². The van der Waals surface area contributed by atoms with Crippen LogP contribution in [0.5, 0.6) is 0 Å². The molecule has 3 heterocycles. The fourth-order valence-electron chi connectivity index (χ4n) is 3.32. The Labute approximate surface area is 129 Å². The van der Waals surface area contributed by atoms with Crippen LogP contribution in [0.1, 0.15) is 26.2 Å². The highest BCUT2D eigenvalue weighted by Gasteiger charge is 2.34. The first-order valence-electron chi connectivity index (χ1n) is 7.18. The maximum Gasteiger partial charge on any atom is 0.150 e. The van der Waals surface area contributed by atoms with Gasteiger partial charge in [0.25, 0.3) is 0 Å². The van der Waals surface area contributed by atoms with E-state index in [0.717, 1.165) is 18.9 Å². The molecule has 0 radical (unpaired) electrons. The molecule has 2 atom stereocenters. The van der Waals surface area contributed by atoms with Crippen LogP contribution in [0.3, 0.4) is 0 Å². The number of piperazine rings is 1. The fraction of sp³-hybridized carbons (Fsp3) is 0.643. The number of anilines is 2. The van der Waals surface area contributed by atoms with Gasteiger partial charge in [-0.1, -0.05) is 29.6 Å². The summed E-state index contributed by atoms with van der Waals surface area (Å²) in [6.45, 7) is 5.46. The first-order valence-corrected chi connectivity index (χ1v) is 7.94. The molecule has 0 saturated carbocycles. The second kappa shape index (κ2) is 5.58. The largest absolute Gasteiger partial charge is 0.382 e. The second-order valence-corrected chi connectivity index (χ2v) is 6.62. The molecule has 3 rings (SSSR count). The van der Waals surface area contributed by atoms with Crippen molar-refractivity contribution < 1.29 is 0 Å². The Hall–Kier alpha value is -0.710. The van der Waals surface area contributed by atoms with Gasteiger partial charge in [-0.2, -0.15) is 0 Å². The summed E-state index contributed by atoms with van der Waals surface area (Å²) in [5.41, 5.74) is 5.83. The van der Waals surface area contributed by atoms with Crippen molar-refractivity contribution >= 4 is 34.8 Å². The topological polar surface area (TPSA) is 45.4 Å². The van der Waals surface area contributed by atoms with Crippen LogP contribution < -0.4 is 10.6 Å². The van der Waals surface area contributed by atoms with E-state index >= 15 is 0 Å². The summed E-state index contributed by atoms with van der Waals surface area (Å²) in [6.07, 6.45) is 3.88. The zero-order chi connectivity index (χ0) is 14.3. The van der Waals surface area contributed by atoms with E-state index in [2.05, 4.69) is 21.7 Å².